The molecule has 0 aliphatic carbocycles. The molecule has 0 saturated carbocycles. The van der Waals surface area contributed by atoms with Crippen LogP contribution in [-0.2, 0) is 6.42 Å². The van der Waals surface area contributed by atoms with E-state index in [2.05, 4.69) is 25.9 Å². The lowest BCUT2D eigenvalue weighted by molar-refractivity contribution is 1.07. The van der Waals surface area contributed by atoms with Gasteiger partial charge in [0.1, 0.15) is 16.6 Å². The van der Waals surface area contributed by atoms with Gasteiger partial charge in [0.2, 0.25) is 0 Å². The van der Waals surface area contributed by atoms with Gasteiger partial charge in [0, 0.05) is 16.5 Å². The van der Waals surface area contributed by atoms with E-state index in [9.17, 15) is 0 Å². The molecular formula is C11H7BrCl2N2. The Hall–Kier alpha value is -0.640. The number of hydrogen-bond donors (Lipinski definition) is 0. The van der Waals surface area contributed by atoms with Gasteiger partial charge in [-0.25, -0.2) is 9.97 Å². The van der Waals surface area contributed by atoms with E-state index in [1.807, 2.05) is 24.3 Å². The Labute approximate surface area is 112 Å². The van der Waals surface area contributed by atoms with E-state index < -0.39 is 0 Å². The van der Waals surface area contributed by atoms with Crippen molar-refractivity contribution in [1.29, 1.82) is 0 Å². The van der Waals surface area contributed by atoms with Crippen LogP contribution in [0.4, 0.5) is 0 Å². The standard InChI is InChI=1S/C11H7BrCl2N2/c12-8-3-1-2-7(4-8)5-9-10(13)15-6-16-11(9)14/h1-4,6H,5H2. The normalized spacial score (nSPS) is 10.4. The Balaban J connectivity index is 2.34. The van der Waals surface area contributed by atoms with Gasteiger partial charge in [0.15, 0.2) is 0 Å². The van der Waals surface area contributed by atoms with Crippen molar-refractivity contribution in [2.75, 3.05) is 0 Å². The zero-order valence-corrected chi connectivity index (χ0v) is 11.2. The van der Waals surface area contributed by atoms with Crippen molar-refractivity contribution in [2.24, 2.45) is 0 Å². The lowest BCUT2D eigenvalue weighted by Gasteiger charge is -2.05. The molecule has 1 aromatic heterocycles. The van der Waals surface area contributed by atoms with Crippen molar-refractivity contribution in [3.8, 4) is 0 Å². The van der Waals surface area contributed by atoms with Crippen LogP contribution >= 0.6 is 39.1 Å². The number of nitrogens with zero attached hydrogens (tertiary/aromatic N) is 2. The van der Waals surface area contributed by atoms with Crippen molar-refractivity contribution >= 4 is 39.1 Å². The Morgan fingerprint density at radius 2 is 1.81 bits per heavy atom. The first-order valence-corrected chi connectivity index (χ1v) is 6.11. The van der Waals surface area contributed by atoms with Gasteiger partial charge in [0.05, 0.1) is 0 Å². The van der Waals surface area contributed by atoms with Crippen LogP contribution in [0.2, 0.25) is 10.3 Å². The van der Waals surface area contributed by atoms with E-state index in [0.717, 1.165) is 15.6 Å². The third kappa shape index (κ3) is 2.73. The molecule has 0 aliphatic rings. The molecule has 0 amide bonds. The molecule has 0 unspecified atom stereocenters. The highest BCUT2D eigenvalue weighted by molar-refractivity contribution is 9.10. The van der Waals surface area contributed by atoms with Gasteiger partial charge < -0.3 is 0 Å². The predicted octanol–water partition coefficient (Wildman–Crippen LogP) is 4.14. The molecule has 0 bridgehead atoms. The Morgan fingerprint density at radius 1 is 1.12 bits per heavy atom. The SMILES string of the molecule is Clc1ncnc(Cl)c1Cc1cccc(Br)c1. The third-order valence-corrected chi connectivity index (χ3v) is 3.25. The molecule has 2 nitrogen and oxygen atoms in total. The van der Waals surface area contributed by atoms with E-state index >= 15 is 0 Å². The highest BCUT2D eigenvalue weighted by Crippen LogP contribution is 2.24. The predicted molar refractivity (Wildman–Crippen MR) is 69.0 cm³/mol. The zero-order valence-electron chi connectivity index (χ0n) is 8.12. The molecule has 0 fully saturated rings. The summed E-state index contributed by atoms with van der Waals surface area (Å²) < 4.78 is 1.02. The van der Waals surface area contributed by atoms with E-state index in [0.29, 0.717) is 16.7 Å². The van der Waals surface area contributed by atoms with Crippen LogP contribution in [0.5, 0.6) is 0 Å². The molecule has 1 heterocycles. The Kier molecular flexibility index (Phi) is 3.79. The average Bonchev–Trinajstić information content (AvgIpc) is 2.24. The minimum atomic E-state index is 0.403. The van der Waals surface area contributed by atoms with Gasteiger partial charge in [-0.1, -0.05) is 51.3 Å². The number of aromatic nitrogens is 2. The van der Waals surface area contributed by atoms with Gasteiger partial charge in [0.25, 0.3) is 0 Å². The summed E-state index contributed by atoms with van der Waals surface area (Å²) in [6.07, 6.45) is 1.98. The van der Waals surface area contributed by atoms with Crippen molar-refractivity contribution < 1.29 is 0 Å². The smallest absolute Gasteiger partial charge is 0.137 e. The Morgan fingerprint density at radius 3 is 2.44 bits per heavy atom. The van der Waals surface area contributed by atoms with Crippen molar-refractivity contribution in [3.63, 3.8) is 0 Å². The van der Waals surface area contributed by atoms with Crippen LogP contribution in [0.15, 0.2) is 35.1 Å². The monoisotopic (exact) mass is 316 g/mol. The van der Waals surface area contributed by atoms with Crippen molar-refractivity contribution in [2.45, 2.75) is 6.42 Å². The summed E-state index contributed by atoms with van der Waals surface area (Å²) >= 11 is 15.4. The van der Waals surface area contributed by atoms with E-state index in [4.69, 9.17) is 23.2 Å². The molecule has 5 heteroatoms. The summed E-state index contributed by atoms with van der Waals surface area (Å²) in [4.78, 5) is 7.83. The lowest BCUT2D eigenvalue weighted by Crippen LogP contribution is -1.95. The minimum absolute atomic E-state index is 0.403. The summed E-state index contributed by atoms with van der Waals surface area (Å²) in [6.45, 7) is 0. The van der Waals surface area contributed by atoms with Crippen LogP contribution in [0, 0.1) is 0 Å². The molecule has 0 saturated heterocycles. The molecule has 2 rings (SSSR count). The first-order valence-electron chi connectivity index (χ1n) is 4.56. The van der Waals surface area contributed by atoms with E-state index in [1.54, 1.807) is 0 Å². The molecular weight excluding hydrogens is 311 g/mol. The second-order valence-electron chi connectivity index (χ2n) is 3.24. The number of hydrogen-bond acceptors (Lipinski definition) is 2. The quantitative estimate of drug-likeness (QED) is 0.778. The number of halogens is 3. The van der Waals surface area contributed by atoms with Crippen molar-refractivity contribution in [3.05, 3.63) is 56.5 Å². The van der Waals surface area contributed by atoms with E-state index in [1.165, 1.54) is 6.33 Å². The largest absolute Gasteiger partial charge is 0.224 e. The maximum Gasteiger partial charge on any atom is 0.137 e. The summed E-state index contributed by atoms with van der Waals surface area (Å²) in [7, 11) is 0. The molecule has 0 N–H and O–H groups in total. The Bertz CT molecular complexity index is 497. The molecule has 0 spiro atoms. The zero-order chi connectivity index (χ0) is 11.5. The summed E-state index contributed by atoms with van der Waals surface area (Å²) in [5.74, 6) is 0. The molecule has 0 atom stereocenters. The summed E-state index contributed by atoms with van der Waals surface area (Å²) in [5, 5.41) is 0.806. The molecule has 82 valence electrons. The first kappa shape index (κ1) is 11.8. The molecule has 2 aromatic rings. The third-order valence-electron chi connectivity index (χ3n) is 2.11. The fourth-order valence-corrected chi connectivity index (χ4v) is 2.26. The van der Waals surface area contributed by atoms with Gasteiger partial charge in [-0.3, -0.25) is 0 Å². The highest BCUT2D eigenvalue weighted by Gasteiger charge is 2.08. The molecule has 0 radical (unpaired) electrons. The van der Waals surface area contributed by atoms with Crippen LogP contribution in [0.3, 0.4) is 0 Å². The maximum absolute atomic E-state index is 5.97. The molecule has 0 aliphatic heterocycles. The molecule has 1 aromatic carbocycles. The van der Waals surface area contributed by atoms with Gasteiger partial charge in [-0.05, 0) is 17.7 Å². The van der Waals surface area contributed by atoms with Crippen molar-refractivity contribution in [1.82, 2.24) is 9.97 Å². The summed E-state index contributed by atoms with van der Waals surface area (Å²) in [6, 6.07) is 7.95. The van der Waals surface area contributed by atoms with Crippen LogP contribution in [0.25, 0.3) is 0 Å². The molecule has 16 heavy (non-hydrogen) atoms. The summed E-state index contributed by atoms with van der Waals surface area (Å²) in [5.41, 5.74) is 1.86. The van der Waals surface area contributed by atoms with Gasteiger partial charge >= 0.3 is 0 Å². The fourth-order valence-electron chi connectivity index (χ4n) is 1.37. The van der Waals surface area contributed by atoms with E-state index in [-0.39, 0.29) is 0 Å². The van der Waals surface area contributed by atoms with Gasteiger partial charge in [-0.2, -0.15) is 0 Å². The fraction of sp³-hybridized carbons (Fsp3) is 0.0909. The highest BCUT2D eigenvalue weighted by atomic mass is 79.9. The van der Waals surface area contributed by atoms with Crippen LogP contribution < -0.4 is 0 Å². The second-order valence-corrected chi connectivity index (χ2v) is 4.87. The van der Waals surface area contributed by atoms with Crippen LogP contribution in [-0.4, -0.2) is 9.97 Å². The topological polar surface area (TPSA) is 25.8 Å². The number of benzene rings is 1. The van der Waals surface area contributed by atoms with Crippen LogP contribution in [0.1, 0.15) is 11.1 Å². The first-order chi connectivity index (χ1) is 7.66. The average molecular weight is 318 g/mol. The minimum Gasteiger partial charge on any atom is -0.224 e. The van der Waals surface area contributed by atoms with Gasteiger partial charge in [-0.15, -0.1) is 0 Å². The number of rotatable bonds is 2. The maximum atomic E-state index is 5.97. The second kappa shape index (κ2) is 5.13. The lowest BCUT2D eigenvalue weighted by atomic mass is 10.1.